The van der Waals surface area contributed by atoms with E-state index in [4.69, 9.17) is 5.26 Å². The minimum absolute atomic E-state index is 0.325. The van der Waals surface area contributed by atoms with Gasteiger partial charge in [-0.2, -0.15) is 0 Å². The van der Waals surface area contributed by atoms with Crippen molar-refractivity contribution in [2.75, 3.05) is 0 Å². The molecule has 0 saturated heterocycles. The summed E-state index contributed by atoms with van der Waals surface area (Å²) in [5, 5.41) is 10.5. The smallest absolute Gasteiger partial charge is 0.308 e. The zero-order valence-electron chi connectivity index (χ0n) is 3.75. The van der Waals surface area contributed by atoms with Crippen LogP contribution in [0, 0.1) is 0 Å². The average molecular weight is 103 g/mol. The lowest BCUT2D eigenvalue weighted by atomic mass is 9.96. The standard InChI is InChI=1S/C2H4BO4/c1-2(4)3-6-7-5/h5H,1H3. The van der Waals surface area contributed by atoms with Crippen LogP contribution in [0.2, 0.25) is 0 Å². The molecule has 0 aliphatic carbocycles. The Morgan fingerprint density at radius 1 is 1.86 bits per heavy atom. The minimum Gasteiger partial charge on any atom is -0.308 e. The molecule has 0 aromatic carbocycles. The van der Waals surface area contributed by atoms with E-state index in [0.717, 1.165) is 7.48 Å². The second-order valence-corrected chi connectivity index (χ2v) is 0.899. The Morgan fingerprint density at radius 3 is 2.57 bits per heavy atom. The van der Waals surface area contributed by atoms with Crippen LogP contribution in [0.15, 0.2) is 0 Å². The highest BCUT2D eigenvalue weighted by Crippen LogP contribution is 1.68. The summed E-state index contributed by atoms with van der Waals surface area (Å²) in [7, 11) is 0.736. The first-order valence-corrected chi connectivity index (χ1v) is 1.58. The zero-order valence-corrected chi connectivity index (χ0v) is 3.75. The van der Waals surface area contributed by atoms with Crippen LogP contribution in [0.25, 0.3) is 0 Å². The van der Waals surface area contributed by atoms with E-state index in [1.807, 2.05) is 0 Å². The predicted molar refractivity (Wildman–Crippen MR) is 21.2 cm³/mol. The molecule has 1 radical (unpaired) electrons. The minimum atomic E-state index is -0.325. The summed E-state index contributed by atoms with van der Waals surface area (Å²) in [6, 6.07) is 0. The van der Waals surface area contributed by atoms with Crippen molar-refractivity contribution >= 4 is 13.2 Å². The number of rotatable bonds is 3. The van der Waals surface area contributed by atoms with Crippen LogP contribution in [0.5, 0.6) is 0 Å². The van der Waals surface area contributed by atoms with Gasteiger partial charge in [0.1, 0.15) is 5.68 Å². The van der Waals surface area contributed by atoms with Crippen LogP contribution in [0.3, 0.4) is 0 Å². The van der Waals surface area contributed by atoms with Gasteiger partial charge in [-0.25, -0.2) is 5.26 Å². The molecule has 0 heterocycles. The second kappa shape index (κ2) is 3.79. The molecule has 0 fully saturated rings. The molecule has 4 nitrogen and oxygen atoms in total. The van der Waals surface area contributed by atoms with E-state index in [1.54, 1.807) is 0 Å². The predicted octanol–water partition coefficient (Wildman–Crippen LogP) is -0.427. The molecular formula is C2H4BO4. The molecule has 0 spiro atoms. The number of carbonyl (C=O) groups is 1. The third-order valence-corrected chi connectivity index (χ3v) is 0.257. The fraction of sp³-hybridized carbons (Fsp3) is 0.500. The molecule has 0 rings (SSSR count). The Hall–Kier alpha value is -0.385. The van der Waals surface area contributed by atoms with Gasteiger partial charge in [0.25, 0.3) is 0 Å². The molecule has 0 aliphatic rings. The van der Waals surface area contributed by atoms with Gasteiger partial charge in [-0.05, 0) is 6.92 Å². The summed E-state index contributed by atoms with van der Waals surface area (Å²) in [5.41, 5.74) is -0.325. The third kappa shape index (κ3) is 5.61. The molecule has 0 bridgehead atoms. The number of carbonyl (C=O) groups excluding carboxylic acids is 1. The molecule has 1 N–H and O–H groups in total. The van der Waals surface area contributed by atoms with Crippen molar-refractivity contribution in [3.05, 3.63) is 0 Å². The van der Waals surface area contributed by atoms with E-state index in [1.165, 1.54) is 6.92 Å². The Kier molecular flexibility index (Phi) is 3.58. The maximum atomic E-state index is 9.83. The van der Waals surface area contributed by atoms with E-state index in [0.29, 0.717) is 0 Å². The van der Waals surface area contributed by atoms with Crippen molar-refractivity contribution in [3.8, 4) is 0 Å². The highest BCUT2D eigenvalue weighted by molar-refractivity contribution is 6.68. The van der Waals surface area contributed by atoms with Crippen molar-refractivity contribution in [1.29, 1.82) is 0 Å². The lowest BCUT2D eigenvalue weighted by Crippen LogP contribution is -2.07. The van der Waals surface area contributed by atoms with E-state index < -0.39 is 0 Å². The van der Waals surface area contributed by atoms with E-state index >= 15 is 0 Å². The summed E-state index contributed by atoms with van der Waals surface area (Å²) in [6.07, 6.45) is 0. The van der Waals surface area contributed by atoms with Gasteiger partial charge in [-0.1, -0.05) is 5.04 Å². The average Bonchev–Trinajstić information content (AvgIpc) is 1.61. The topological polar surface area (TPSA) is 55.8 Å². The van der Waals surface area contributed by atoms with Gasteiger partial charge in [-0.3, -0.25) is 4.81 Å². The lowest BCUT2D eigenvalue weighted by Gasteiger charge is -1.86. The van der Waals surface area contributed by atoms with Gasteiger partial charge in [0, 0.05) is 0 Å². The van der Waals surface area contributed by atoms with Gasteiger partial charge in [0.15, 0.2) is 0 Å². The Balaban J connectivity index is 2.82. The molecule has 5 heteroatoms. The van der Waals surface area contributed by atoms with Gasteiger partial charge < -0.3 is 4.79 Å². The van der Waals surface area contributed by atoms with Crippen LogP contribution >= 0.6 is 0 Å². The van der Waals surface area contributed by atoms with Crippen LogP contribution in [0.1, 0.15) is 6.92 Å². The van der Waals surface area contributed by atoms with Gasteiger partial charge in [0.05, 0.1) is 0 Å². The van der Waals surface area contributed by atoms with Crippen molar-refractivity contribution in [3.63, 3.8) is 0 Å². The maximum Gasteiger partial charge on any atom is 0.428 e. The van der Waals surface area contributed by atoms with Crippen molar-refractivity contribution in [2.24, 2.45) is 0 Å². The van der Waals surface area contributed by atoms with Crippen LogP contribution in [0.4, 0.5) is 0 Å². The zero-order chi connectivity index (χ0) is 5.70. The first-order chi connectivity index (χ1) is 3.27. The van der Waals surface area contributed by atoms with E-state index in [-0.39, 0.29) is 5.68 Å². The molecular weight excluding hydrogens is 98.8 g/mol. The molecule has 0 amide bonds. The normalized spacial score (nSPS) is 8.29. The van der Waals surface area contributed by atoms with E-state index in [9.17, 15) is 4.79 Å². The number of hydrogen-bond donors (Lipinski definition) is 1. The summed E-state index contributed by atoms with van der Waals surface area (Å²) >= 11 is 0. The van der Waals surface area contributed by atoms with E-state index in [2.05, 4.69) is 9.84 Å². The summed E-state index contributed by atoms with van der Waals surface area (Å²) < 4.78 is 0. The Morgan fingerprint density at radius 2 is 2.43 bits per heavy atom. The summed E-state index contributed by atoms with van der Waals surface area (Å²) in [5.74, 6) is 0. The highest BCUT2D eigenvalue weighted by atomic mass is 17.5. The molecule has 0 atom stereocenters. The lowest BCUT2D eigenvalue weighted by molar-refractivity contribution is -0.441. The van der Waals surface area contributed by atoms with Gasteiger partial charge in [-0.15, -0.1) is 0 Å². The van der Waals surface area contributed by atoms with Crippen molar-refractivity contribution in [1.82, 2.24) is 0 Å². The molecule has 7 heavy (non-hydrogen) atoms. The van der Waals surface area contributed by atoms with Crippen LogP contribution in [-0.2, 0) is 14.6 Å². The van der Waals surface area contributed by atoms with Crippen molar-refractivity contribution < 1.29 is 19.9 Å². The van der Waals surface area contributed by atoms with Crippen LogP contribution in [-0.4, -0.2) is 18.4 Å². The SMILES string of the molecule is CC(=O)[B]OOO. The highest BCUT2D eigenvalue weighted by Gasteiger charge is 1.96. The molecule has 0 saturated carbocycles. The summed E-state index contributed by atoms with van der Waals surface area (Å²) in [4.78, 5) is 13.5. The monoisotopic (exact) mass is 103 g/mol. The first kappa shape index (κ1) is 6.61. The van der Waals surface area contributed by atoms with Gasteiger partial charge in [0.2, 0.25) is 0 Å². The molecule has 39 valence electrons. The third-order valence-electron chi connectivity index (χ3n) is 0.257. The second-order valence-electron chi connectivity index (χ2n) is 0.899. The van der Waals surface area contributed by atoms with Gasteiger partial charge >= 0.3 is 7.48 Å². The Labute approximate surface area is 41.2 Å². The summed E-state index contributed by atoms with van der Waals surface area (Å²) in [6.45, 7) is 1.26. The number of hydrogen-bond acceptors (Lipinski definition) is 4. The quantitative estimate of drug-likeness (QED) is 0.299. The Bertz CT molecular complexity index is 62.7. The fourth-order valence-electron chi connectivity index (χ4n) is 0.0893. The van der Waals surface area contributed by atoms with Crippen LogP contribution < -0.4 is 0 Å². The molecule has 0 aromatic heterocycles. The fourth-order valence-corrected chi connectivity index (χ4v) is 0.0893. The first-order valence-electron chi connectivity index (χ1n) is 1.58. The molecule has 0 aliphatic heterocycles. The molecule has 0 aromatic rings. The maximum absolute atomic E-state index is 9.83. The van der Waals surface area contributed by atoms with Crippen molar-refractivity contribution in [2.45, 2.75) is 6.92 Å². The molecule has 0 unspecified atom stereocenters. The largest absolute Gasteiger partial charge is 0.428 e.